The smallest absolute Gasteiger partial charge is 0.0810 e. The first-order valence-corrected chi connectivity index (χ1v) is 7.50. The molecule has 1 N–H and O–H groups in total. The van der Waals surface area contributed by atoms with Crippen molar-refractivity contribution in [2.24, 2.45) is 0 Å². The molecule has 3 nitrogen and oxygen atoms in total. The summed E-state index contributed by atoms with van der Waals surface area (Å²) in [4.78, 5) is 2.65. The molecule has 0 amide bonds. The Morgan fingerprint density at radius 3 is 2.56 bits per heavy atom. The van der Waals surface area contributed by atoms with E-state index in [1.54, 1.807) is 0 Å². The minimum Gasteiger partial charge on any atom is -0.379 e. The van der Waals surface area contributed by atoms with Gasteiger partial charge in [-0.2, -0.15) is 0 Å². The summed E-state index contributed by atoms with van der Waals surface area (Å²) in [6, 6.07) is 4.85. The maximum Gasteiger partial charge on any atom is 0.0810 e. The topological polar surface area (TPSA) is 30.5 Å². The maximum atomic E-state index is 5.57. The zero-order chi connectivity index (χ0) is 13.2. The molecule has 0 aliphatic carbocycles. The van der Waals surface area contributed by atoms with Crippen LogP contribution in [0.15, 0.2) is 12.1 Å². The quantitative estimate of drug-likeness (QED) is 0.663. The van der Waals surface area contributed by atoms with Crippen molar-refractivity contribution in [2.75, 3.05) is 19.8 Å². The standard InChI is InChI=1S/C14H25NO2S/c1-4-7-16-8-9-17-11-14-6-5-13(18-14)10-15-12(2)3/h5-6,12,15H,4,7-11H2,1-3H3. The third-order valence-electron chi connectivity index (χ3n) is 2.37. The molecule has 0 aliphatic heterocycles. The van der Waals surface area contributed by atoms with Crippen LogP contribution in [0.25, 0.3) is 0 Å². The van der Waals surface area contributed by atoms with Crippen LogP contribution in [-0.4, -0.2) is 25.9 Å². The molecular weight excluding hydrogens is 246 g/mol. The van der Waals surface area contributed by atoms with Crippen molar-refractivity contribution >= 4 is 11.3 Å². The van der Waals surface area contributed by atoms with Crippen LogP contribution >= 0.6 is 11.3 Å². The van der Waals surface area contributed by atoms with Crippen LogP contribution in [0.4, 0.5) is 0 Å². The van der Waals surface area contributed by atoms with E-state index in [0.29, 0.717) is 25.9 Å². The van der Waals surface area contributed by atoms with Gasteiger partial charge in [0.15, 0.2) is 0 Å². The third kappa shape index (κ3) is 7.11. The Labute approximate surface area is 114 Å². The number of rotatable bonds is 10. The monoisotopic (exact) mass is 271 g/mol. The first kappa shape index (κ1) is 15.6. The van der Waals surface area contributed by atoms with Gasteiger partial charge in [0.05, 0.1) is 19.8 Å². The Balaban J connectivity index is 2.11. The lowest BCUT2D eigenvalue weighted by atomic mass is 10.3. The molecule has 0 aromatic carbocycles. The summed E-state index contributed by atoms with van der Waals surface area (Å²) in [5, 5.41) is 3.42. The highest BCUT2D eigenvalue weighted by Crippen LogP contribution is 2.17. The Bertz CT molecular complexity index is 312. The van der Waals surface area contributed by atoms with Crippen LogP contribution in [0.1, 0.15) is 36.9 Å². The highest BCUT2D eigenvalue weighted by molar-refractivity contribution is 7.11. The van der Waals surface area contributed by atoms with Gasteiger partial charge in [-0.1, -0.05) is 20.8 Å². The summed E-state index contributed by atoms with van der Waals surface area (Å²) < 4.78 is 10.9. The lowest BCUT2D eigenvalue weighted by molar-refractivity contribution is 0.0417. The zero-order valence-electron chi connectivity index (χ0n) is 11.7. The second-order valence-corrected chi connectivity index (χ2v) is 5.82. The van der Waals surface area contributed by atoms with E-state index in [9.17, 15) is 0 Å². The van der Waals surface area contributed by atoms with Crippen LogP contribution in [0.3, 0.4) is 0 Å². The largest absolute Gasteiger partial charge is 0.379 e. The highest BCUT2D eigenvalue weighted by atomic mass is 32.1. The van der Waals surface area contributed by atoms with E-state index < -0.39 is 0 Å². The molecule has 0 unspecified atom stereocenters. The van der Waals surface area contributed by atoms with E-state index in [0.717, 1.165) is 19.6 Å². The number of ether oxygens (including phenoxy) is 2. The molecule has 0 fully saturated rings. The van der Waals surface area contributed by atoms with Crippen LogP contribution in [-0.2, 0) is 22.6 Å². The summed E-state index contributed by atoms with van der Waals surface area (Å²) in [6.45, 7) is 10.3. The van der Waals surface area contributed by atoms with Gasteiger partial charge in [0, 0.05) is 28.9 Å². The second-order valence-electron chi connectivity index (χ2n) is 4.57. The average molecular weight is 271 g/mol. The van der Waals surface area contributed by atoms with Gasteiger partial charge in [-0.3, -0.25) is 0 Å². The van der Waals surface area contributed by atoms with Crippen LogP contribution in [0.2, 0.25) is 0 Å². The predicted molar refractivity (Wildman–Crippen MR) is 77.1 cm³/mol. The molecule has 1 rings (SSSR count). The molecule has 1 aromatic rings. The SMILES string of the molecule is CCCOCCOCc1ccc(CNC(C)C)s1. The number of hydrogen-bond acceptors (Lipinski definition) is 4. The van der Waals surface area contributed by atoms with E-state index >= 15 is 0 Å². The predicted octanol–water partition coefficient (Wildman–Crippen LogP) is 3.19. The molecule has 0 aliphatic rings. The van der Waals surface area contributed by atoms with Crippen molar-refractivity contribution < 1.29 is 9.47 Å². The first-order valence-electron chi connectivity index (χ1n) is 6.68. The Kier molecular flexibility index (Phi) is 8.25. The molecule has 0 atom stereocenters. The Morgan fingerprint density at radius 2 is 1.83 bits per heavy atom. The first-order chi connectivity index (χ1) is 8.72. The lowest BCUT2D eigenvalue weighted by Crippen LogP contribution is -2.21. The van der Waals surface area contributed by atoms with E-state index in [1.807, 2.05) is 11.3 Å². The van der Waals surface area contributed by atoms with Crippen molar-refractivity contribution in [1.29, 1.82) is 0 Å². The van der Waals surface area contributed by atoms with Gasteiger partial charge in [-0.05, 0) is 18.6 Å². The maximum absolute atomic E-state index is 5.57. The van der Waals surface area contributed by atoms with E-state index in [4.69, 9.17) is 9.47 Å². The van der Waals surface area contributed by atoms with Crippen molar-refractivity contribution in [3.05, 3.63) is 21.9 Å². The summed E-state index contributed by atoms with van der Waals surface area (Å²) in [6.07, 6.45) is 1.07. The number of hydrogen-bond donors (Lipinski definition) is 1. The van der Waals surface area contributed by atoms with Crippen LogP contribution < -0.4 is 5.32 Å². The van der Waals surface area contributed by atoms with Gasteiger partial charge in [0.1, 0.15) is 0 Å². The molecule has 0 saturated heterocycles. The van der Waals surface area contributed by atoms with E-state index in [1.165, 1.54) is 9.75 Å². The summed E-state index contributed by atoms with van der Waals surface area (Å²) in [7, 11) is 0. The van der Waals surface area contributed by atoms with E-state index in [-0.39, 0.29) is 0 Å². The molecule has 0 radical (unpaired) electrons. The molecule has 18 heavy (non-hydrogen) atoms. The summed E-state index contributed by atoms with van der Waals surface area (Å²) >= 11 is 1.81. The minimum absolute atomic E-state index is 0.530. The number of thiophene rings is 1. The van der Waals surface area contributed by atoms with Crippen molar-refractivity contribution in [3.63, 3.8) is 0 Å². The molecule has 0 bridgehead atoms. The Hall–Kier alpha value is -0.420. The van der Waals surface area contributed by atoms with Crippen molar-refractivity contribution in [2.45, 2.75) is 46.4 Å². The zero-order valence-corrected chi connectivity index (χ0v) is 12.5. The second kappa shape index (κ2) is 9.50. The average Bonchev–Trinajstić information content (AvgIpc) is 2.79. The Morgan fingerprint density at radius 1 is 1.11 bits per heavy atom. The van der Waals surface area contributed by atoms with Gasteiger partial charge in [-0.15, -0.1) is 11.3 Å². The van der Waals surface area contributed by atoms with E-state index in [2.05, 4.69) is 38.2 Å². The molecule has 1 heterocycles. The van der Waals surface area contributed by atoms with Gasteiger partial charge in [-0.25, -0.2) is 0 Å². The molecule has 0 spiro atoms. The van der Waals surface area contributed by atoms with Gasteiger partial charge < -0.3 is 14.8 Å². The molecular formula is C14H25NO2S. The molecule has 104 valence electrons. The summed E-state index contributed by atoms with van der Waals surface area (Å²) in [5.74, 6) is 0. The fraction of sp³-hybridized carbons (Fsp3) is 0.714. The number of nitrogens with one attached hydrogen (secondary N) is 1. The molecule has 1 aromatic heterocycles. The van der Waals surface area contributed by atoms with Crippen molar-refractivity contribution in [3.8, 4) is 0 Å². The minimum atomic E-state index is 0.530. The van der Waals surface area contributed by atoms with Gasteiger partial charge in [0.2, 0.25) is 0 Å². The lowest BCUT2D eigenvalue weighted by Gasteiger charge is -2.05. The van der Waals surface area contributed by atoms with Gasteiger partial charge >= 0.3 is 0 Å². The summed E-state index contributed by atoms with van der Waals surface area (Å²) in [5.41, 5.74) is 0. The van der Waals surface area contributed by atoms with Gasteiger partial charge in [0.25, 0.3) is 0 Å². The molecule has 0 saturated carbocycles. The third-order valence-corrected chi connectivity index (χ3v) is 3.43. The van der Waals surface area contributed by atoms with Crippen LogP contribution in [0.5, 0.6) is 0 Å². The fourth-order valence-electron chi connectivity index (χ4n) is 1.44. The fourth-order valence-corrected chi connectivity index (χ4v) is 2.34. The van der Waals surface area contributed by atoms with Crippen molar-refractivity contribution in [1.82, 2.24) is 5.32 Å². The normalized spacial score (nSPS) is 11.3. The molecule has 4 heteroatoms. The van der Waals surface area contributed by atoms with Crippen LogP contribution in [0, 0.1) is 0 Å². The highest BCUT2D eigenvalue weighted by Gasteiger charge is 2.01.